The smallest absolute Gasteiger partial charge is 0.191 e. The van der Waals surface area contributed by atoms with Crippen molar-refractivity contribution in [1.82, 2.24) is 25.8 Å². The monoisotopic (exact) mass is 528 g/mol. The van der Waals surface area contributed by atoms with Gasteiger partial charge >= 0.3 is 0 Å². The van der Waals surface area contributed by atoms with Crippen molar-refractivity contribution in [3.05, 3.63) is 65.4 Å². The molecule has 0 amide bonds. The van der Waals surface area contributed by atoms with Crippen LogP contribution >= 0.6 is 47.3 Å². The summed E-state index contributed by atoms with van der Waals surface area (Å²) in [6, 6.07) is 16.0. The van der Waals surface area contributed by atoms with E-state index in [-0.39, 0.29) is 24.0 Å². The van der Waals surface area contributed by atoms with Crippen LogP contribution in [0.4, 0.5) is 0 Å². The summed E-state index contributed by atoms with van der Waals surface area (Å²) in [6.07, 6.45) is 1.51. The highest BCUT2D eigenvalue weighted by Gasteiger charge is 2.03. The van der Waals surface area contributed by atoms with Crippen molar-refractivity contribution in [2.75, 3.05) is 19.3 Å². The molecule has 0 spiro atoms. The van der Waals surface area contributed by atoms with Crippen molar-refractivity contribution in [3.63, 3.8) is 0 Å². The van der Waals surface area contributed by atoms with Crippen LogP contribution in [0.25, 0.3) is 11.4 Å². The number of nitrogens with zero attached hydrogens (tertiary/aromatic N) is 3. The van der Waals surface area contributed by atoms with Gasteiger partial charge in [-0.05, 0) is 35.9 Å². The van der Waals surface area contributed by atoms with Gasteiger partial charge in [-0.3, -0.25) is 10.1 Å². The number of aliphatic imine (C=N–C) groups is 1. The van der Waals surface area contributed by atoms with Crippen LogP contribution in [-0.2, 0) is 6.54 Å². The maximum Gasteiger partial charge on any atom is 0.191 e. The van der Waals surface area contributed by atoms with Gasteiger partial charge in [-0.25, -0.2) is 4.98 Å². The second kappa shape index (κ2) is 11.9. The number of thioether (sulfide) groups is 1. The standard InChI is InChI=1S/C19H21ClN6S.HI/c1-21-19(22-9-10-27-17-7-5-16(20)6-8-17)23-12-14-3-2-4-15(11-14)18-24-13-25-26-18;/h2-8,11,13H,9-10,12H2,1H3,(H2,21,22,23)(H,24,25,26);1H. The number of aromatic amines is 1. The summed E-state index contributed by atoms with van der Waals surface area (Å²) < 4.78 is 0. The molecule has 0 saturated carbocycles. The lowest BCUT2D eigenvalue weighted by Gasteiger charge is -2.12. The topological polar surface area (TPSA) is 78.0 Å². The van der Waals surface area contributed by atoms with Gasteiger partial charge in [-0.15, -0.1) is 35.7 Å². The van der Waals surface area contributed by atoms with Crippen molar-refractivity contribution in [2.24, 2.45) is 4.99 Å². The Morgan fingerprint density at radius 3 is 2.71 bits per heavy atom. The molecule has 0 aliphatic carbocycles. The van der Waals surface area contributed by atoms with Crippen molar-refractivity contribution in [1.29, 1.82) is 0 Å². The first kappa shape index (κ1) is 22.5. The molecule has 0 atom stereocenters. The van der Waals surface area contributed by atoms with Crippen LogP contribution in [0.2, 0.25) is 5.02 Å². The van der Waals surface area contributed by atoms with Gasteiger partial charge in [0.2, 0.25) is 0 Å². The molecule has 3 N–H and O–H groups in total. The first-order valence-electron chi connectivity index (χ1n) is 8.52. The van der Waals surface area contributed by atoms with Gasteiger partial charge < -0.3 is 10.6 Å². The summed E-state index contributed by atoms with van der Waals surface area (Å²) in [5.74, 6) is 2.47. The molecule has 6 nitrogen and oxygen atoms in total. The Labute approximate surface area is 191 Å². The molecule has 0 bridgehead atoms. The molecule has 1 aromatic heterocycles. The fraction of sp³-hybridized carbons (Fsp3) is 0.211. The van der Waals surface area contributed by atoms with Crippen LogP contribution in [-0.4, -0.2) is 40.5 Å². The fourth-order valence-corrected chi connectivity index (χ4v) is 3.34. The van der Waals surface area contributed by atoms with E-state index >= 15 is 0 Å². The highest BCUT2D eigenvalue weighted by Crippen LogP contribution is 2.19. The van der Waals surface area contributed by atoms with Crippen molar-refractivity contribution >= 4 is 53.3 Å². The number of hydrogen-bond acceptors (Lipinski definition) is 4. The molecule has 9 heteroatoms. The third-order valence-corrected chi connectivity index (χ3v) is 5.04. The summed E-state index contributed by atoms with van der Waals surface area (Å²) >= 11 is 7.68. The quantitative estimate of drug-likeness (QED) is 0.141. The van der Waals surface area contributed by atoms with Crippen molar-refractivity contribution in [3.8, 4) is 11.4 Å². The van der Waals surface area contributed by atoms with Crippen LogP contribution in [0.1, 0.15) is 5.56 Å². The Kier molecular flexibility index (Phi) is 9.59. The molecule has 2 aromatic carbocycles. The van der Waals surface area contributed by atoms with E-state index in [1.54, 1.807) is 18.8 Å². The minimum Gasteiger partial charge on any atom is -0.356 e. The van der Waals surface area contributed by atoms with Gasteiger partial charge in [0, 0.05) is 41.4 Å². The van der Waals surface area contributed by atoms with Gasteiger partial charge in [0.15, 0.2) is 11.8 Å². The summed E-state index contributed by atoms with van der Waals surface area (Å²) in [7, 11) is 1.77. The van der Waals surface area contributed by atoms with E-state index in [0.29, 0.717) is 6.54 Å². The van der Waals surface area contributed by atoms with E-state index in [0.717, 1.165) is 40.2 Å². The van der Waals surface area contributed by atoms with Crippen LogP contribution in [0.5, 0.6) is 0 Å². The Bertz CT molecular complexity index is 870. The van der Waals surface area contributed by atoms with E-state index in [4.69, 9.17) is 11.6 Å². The number of guanidine groups is 1. The van der Waals surface area contributed by atoms with E-state index in [1.165, 1.54) is 11.2 Å². The van der Waals surface area contributed by atoms with E-state index in [9.17, 15) is 0 Å². The molecular formula is C19H22ClIN6S. The van der Waals surface area contributed by atoms with Crippen LogP contribution in [0, 0.1) is 0 Å². The number of nitrogens with one attached hydrogen (secondary N) is 3. The van der Waals surface area contributed by atoms with Gasteiger partial charge in [0.25, 0.3) is 0 Å². The average Bonchev–Trinajstić information content (AvgIpc) is 3.24. The highest BCUT2D eigenvalue weighted by molar-refractivity contribution is 14.0. The predicted molar refractivity (Wildman–Crippen MR) is 128 cm³/mol. The summed E-state index contributed by atoms with van der Waals surface area (Å²) in [4.78, 5) is 9.66. The zero-order valence-electron chi connectivity index (χ0n) is 15.4. The van der Waals surface area contributed by atoms with Crippen LogP contribution in [0.3, 0.4) is 0 Å². The maximum atomic E-state index is 5.90. The second-order valence-electron chi connectivity index (χ2n) is 5.69. The van der Waals surface area contributed by atoms with Crippen molar-refractivity contribution in [2.45, 2.75) is 11.4 Å². The van der Waals surface area contributed by atoms with E-state index < -0.39 is 0 Å². The minimum absolute atomic E-state index is 0. The molecule has 3 rings (SSSR count). The SMILES string of the molecule is CN=C(NCCSc1ccc(Cl)cc1)NCc1cccc(-c2ncn[nH]2)c1.I. The van der Waals surface area contributed by atoms with E-state index in [2.05, 4.69) is 42.9 Å². The first-order valence-corrected chi connectivity index (χ1v) is 9.88. The molecule has 0 saturated heterocycles. The second-order valence-corrected chi connectivity index (χ2v) is 7.29. The Hall–Kier alpha value is -1.78. The Morgan fingerprint density at radius 2 is 2.00 bits per heavy atom. The third kappa shape index (κ3) is 6.99. The molecule has 0 aliphatic heterocycles. The molecule has 148 valence electrons. The van der Waals surface area contributed by atoms with Gasteiger partial charge in [0.05, 0.1) is 0 Å². The molecule has 0 aliphatic rings. The highest BCUT2D eigenvalue weighted by atomic mass is 127. The average molecular weight is 529 g/mol. The lowest BCUT2D eigenvalue weighted by Crippen LogP contribution is -2.37. The number of benzene rings is 2. The number of H-pyrrole nitrogens is 1. The summed E-state index contributed by atoms with van der Waals surface area (Å²) in [5, 5.41) is 14.2. The Balaban J connectivity index is 0.00000280. The zero-order chi connectivity index (χ0) is 18.9. The number of hydrogen-bond donors (Lipinski definition) is 3. The van der Waals surface area contributed by atoms with Gasteiger partial charge in [-0.2, -0.15) is 5.10 Å². The Morgan fingerprint density at radius 1 is 1.18 bits per heavy atom. The zero-order valence-corrected chi connectivity index (χ0v) is 19.3. The van der Waals surface area contributed by atoms with Crippen molar-refractivity contribution < 1.29 is 0 Å². The normalized spacial score (nSPS) is 11.0. The van der Waals surface area contributed by atoms with Gasteiger partial charge in [0.1, 0.15) is 6.33 Å². The fourth-order valence-electron chi connectivity index (χ4n) is 2.45. The molecule has 1 heterocycles. The van der Waals surface area contributed by atoms with E-state index in [1.807, 2.05) is 36.4 Å². The molecule has 0 fully saturated rings. The van der Waals surface area contributed by atoms with Crippen LogP contribution < -0.4 is 10.6 Å². The van der Waals surface area contributed by atoms with Crippen LogP contribution in [0.15, 0.2) is 64.7 Å². The maximum absolute atomic E-state index is 5.90. The lowest BCUT2D eigenvalue weighted by molar-refractivity contribution is 0.833. The van der Waals surface area contributed by atoms with Gasteiger partial charge in [-0.1, -0.05) is 29.8 Å². The number of aromatic nitrogens is 3. The molecule has 0 unspecified atom stereocenters. The largest absolute Gasteiger partial charge is 0.356 e. The minimum atomic E-state index is 0. The molecular weight excluding hydrogens is 507 g/mol. The number of halogens is 2. The lowest BCUT2D eigenvalue weighted by atomic mass is 10.1. The predicted octanol–water partition coefficient (Wildman–Crippen LogP) is 4.20. The first-order chi connectivity index (χ1) is 13.2. The molecule has 28 heavy (non-hydrogen) atoms. The molecule has 3 aromatic rings. The molecule has 0 radical (unpaired) electrons. The summed E-state index contributed by atoms with van der Waals surface area (Å²) in [6.45, 7) is 1.48. The third-order valence-electron chi connectivity index (χ3n) is 3.78. The summed E-state index contributed by atoms with van der Waals surface area (Å²) in [5.41, 5.74) is 2.15. The number of rotatable bonds is 7.